The van der Waals surface area contributed by atoms with Gasteiger partial charge in [0.15, 0.2) is 0 Å². The lowest BCUT2D eigenvalue weighted by Crippen LogP contribution is -2.23. The number of rotatable bonds is 2. The van der Waals surface area contributed by atoms with Crippen molar-refractivity contribution in [3.63, 3.8) is 0 Å². The zero-order valence-corrected chi connectivity index (χ0v) is 12.2. The highest BCUT2D eigenvalue weighted by Gasteiger charge is 2.30. The van der Waals surface area contributed by atoms with E-state index < -0.39 is 23.1 Å². The fraction of sp³-hybridized carbons (Fsp3) is 0.333. The molecule has 0 saturated carbocycles. The average molecular weight is 320 g/mol. The average Bonchev–Trinajstić information content (AvgIpc) is 2.78. The van der Waals surface area contributed by atoms with E-state index in [9.17, 15) is 19.7 Å². The lowest BCUT2D eigenvalue weighted by Gasteiger charge is -2.13. The largest absolute Gasteiger partial charge is 0.478 e. The van der Waals surface area contributed by atoms with E-state index in [-0.39, 0.29) is 0 Å². The van der Waals surface area contributed by atoms with Crippen molar-refractivity contribution in [1.29, 1.82) is 0 Å². The molecule has 1 unspecified atom stereocenters. The topological polar surface area (TPSA) is 119 Å². The van der Waals surface area contributed by atoms with Crippen LogP contribution >= 0.6 is 0 Å². The monoisotopic (exact) mass is 320 g/mol. The summed E-state index contributed by atoms with van der Waals surface area (Å²) in [5, 5.41) is 22.0. The van der Waals surface area contributed by atoms with Crippen LogP contribution in [0.1, 0.15) is 35.0 Å². The summed E-state index contributed by atoms with van der Waals surface area (Å²) in [7, 11) is 0. The number of carboxylic acid groups (broad SMARTS) is 1. The van der Waals surface area contributed by atoms with Crippen molar-refractivity contribution >= 4 is 11.9 Å². The molecule has 1 aromatic carbocycles. The number of hydrogen-bond acceptors (Lipinski definition) is 6. The number of nitrogens with zero attached hydrogens (tertiary/aromatic N) is 1. The van der Waals surface area contributed by atoms with Gasteiger partial charge in [0.2, 0.25) is 0 Å². The minimum Gasteiger partial charge on any atom is -0.478 e. The van der Waals surface area contributed by atoms with Gasteiger partial charge >= 0.3 is 18.2 Å². The van der Waals surface area contributed by atoms with E-state index in [1.165, 1.54) is 30.3 Å². The lowest BCUT2D eigenvalue weighted by atomic mass is 10.1. The number of carboxylic acids is 1. The van der Waals surface area contributed by atoms with Crippen molar-refractivity contribution in [2.45, 2.75) is 19.1 Å². The molecule has 1 fully saturated rings. The Hall–Kier alpha value is -2.74. The molecule has 4 rings (SSSR count). The second-order valence-corrected chi connectivity index (χ2v) is 5.06. The van der Waals surface area contributed by atoms with Crippen LogP contribution in [0.2, 0.25) is 0 Å². The lowest BCUT2D eigenvalue weighted by molar-refractivity contribution is -0.574. The van der Waals surface area contributed by atoms with Crippen LogP contribution in [-0.4, -0.2) is 35.1 Å². The van der Waals surface area contributed by atoms with Gasteiger partial charge in [0.25, 0.3) is 0 Å². The number of aliphatic carboxylic acids is 1. The van der Waals surface area contributed by atoms with Crippen molar-refractivity contribution in [2.75, 3.05) is 13.1 Å². The van der Waals surface area contributed by atoms with E-state index in [4.69, 9.17) is 5.11 Å². The molecule has 0 amide bonds. The Labute approximate surface area is 131 Å². The zero-order valence-electron chi connectivity index (χ0n) is 12.2. The minimum absolute atomic E-state index is 0.341. The molecule has 0 spiro atoms. The van der Waals surface area contributed by atoms with E-state index in [1.54, 1.807) is 0 Å². The quantitative estimate of drug-likeness (QED) is 0.367. The van der Waals surface area contributed by atoms with Gasteiger partial charge in [-0.05, 0) is 50.2 Å². The summed E-state index contributed by atoms with van der Waals surface area (Å²) in [4.78, 5) is 31.1. The normalized spacial score (nSPS) is 19.0. The van der Waals surface area contributed by atoms with E-state index in [0.29, 0.717) is 11.1 Å². The summed E-state index contributed by atoms with van der Waals surface area (Å²) in [6, 6.07) is 6.07. The summed E-state index contributed by atoms with van der Waals surface area (Å²) < 4.78 is 4.62. The van der Waals surface area contributed by atoms with E-state index in [1.807, 2.05) is 0 Å². The Morgan fingerprint density at radius 2 is 1.91 bits per heavy atom. The van der Waals surface area contributed by atoms with E-state index >= 15 is 0 Å². The van der Waals surface area contributed by atoms with Gasteiger partial charge in [0.1, 0.15) is 0 Å². The van der Waals surface area contributed by atoms with Gasteiger partial charge in [0, 0.05) is 6.08 Å². The number of hydrogen-bond donors (Lipinski definition) is 2. The molecular formula is C15H16N2O6. The van der Waals surface area contributed by atoms with Gasteiger partial charge in [-0.3, -0.25) is 10.1 Å². The van der Waals surface area contributed by atoms with Crippen molar-refractivity contribution in [2.24, 2.45) is 0 Å². The maximum Gasteiger partial charge on any atom is 0.383 e. The first-order valence-corrected chi connectivity index (χ1v) is 7.05. The highest BCUT2D eigenvalue weighted by Crippen LogP contribution is 2.24. The number of esters is 1. The number of ether oxygens (including phenoxy) is 1. The molecule has 2 bridgehead atoms. The number of piperidine rings is 1. The molecule has 0 aliphatic carbocycles. The van der Waals surface area contributed by atoms with Crippen molar-refractivity contribution < 1.29 is 24.4 Å². The second kappa shape index (κ2) is 7.50. The number of carbonyl (C=O) groups is 2. The number of nitro groups is 1. The molecular weight excluding hydrogens is 304 g/mol. The molecule has 0 radical (unpaired) electrons. The molecule has 1 saturated heterocycles. The molecule has 2 N–H and O–H groups in total. The third-order valence-corrected chi connectivity index (χ3v) is 3.42. The maximum absolute atomic E-state index is 11.1. The smallest absolute Gasteiger partial charge is 0.383 e. The molecule has 3 aliphatic heterocycles. The Bertz CT molecular complexity index is 630. The third-order valence-electron chi connectivity index (χ3n) is 3.42. The molecule has 8 nitrogen and oxygen atoms in total. The molecule has 8 heteroatoms. The first-order valence-electron chi connectivity index (χ1n) is 7.05. The zero-order chi connectivity index (χ0) is 16.8. The Balaban J connectivity index is 0.000000174. The molecule has 1 aromatic rings. The summed E-state index contributed by atoms with van der Waals surface area (Å²) in [6.07, 6.45) is 1.72. The Morgan fingerprint density at radius 1 is 1.30 bits per heavy atom. The molecule has 23 heavy (non-hydrogen) atoms. The van der Waals surface area contributed by atoms with Crippen molar-refractivity contribution in [3.05, 3.63) is 57.2 Å². The molecule has 1 atom stereocenters. The maximum atomic E-state index is 11.1. The highest BCUT2D eigenvalue weighted by molar-refractivity contribution is 5.90. The minimum atomic E-state index is -1.36. The number of carbonyl (C=O) groups excluding carboxylic acids is 1. The van der Waals surface area contributed by atoms with Crippen LogP contribution in [0.25, 0.3) is 0 Å². The number of benzene rings is 1. The van der Waals surface area contributed by atoms with Crippen LogP contribution in [-0.2, 0) is 9.53 Å². The van der Waals surface area contributed by atoms with Crippen LogP contribution in [0, 0.1) is 10.1 Å². The van der Waals surface area contributed by atoms with E-state index in [2.05, 4.69) is 10.1 Å². The molecule has 3 heterocycles. The third kappa shape index (κ3) is 4.62. The summed E-state index contributed by atoms with van der Waals surface area (Å²) in [5.74, 6) is -1.47. The van der Waals surface area contributed by atoms with E-state index in [0.717, 1.165) is 31.5 Å². The summed E-state index contributed by atoms with van der Waals surface area (Å²) in [5.41, 5.74) is 1.78. The van der Waals surface area contributed by atoms with Gasteiger partial charge in [-0.25, -0.2) is 9.59 Å². The van der Waals surface area contributed by atoms with Gasteiger partial charge in [-0.2, -0.15) is 0 Å². The highest BCUT2D eigenvalue weighted by atomic mass is 16.7. The van der Waals surface area contributed by atoms with Crippen LogP contribution < -0.4 is 5.32 Å². The fourth-order valence-electron chi connectivity index (χ4n) is 2.25. The van der Waals surface area contributed by atoms with Gasteiger partial charge in [0.05, 0.1) is 16.1 Å². The molecule has 3 aliphatic rings. The Morgan fingerprint density at radius 3 is 2.43 bits per heavy atom. The van der Waals surface area contributed by atoms with Gasteiger partial charge in [-0.15, -0.1) is 0 Å². The number of fused-ring (bicyclic) bond motifs is 4. The van der Waals surface area contributed by atoms with Crippen LogP contribution in [0.5, 0.6) is 0 Å². The summed E-state index contributed by atoms with van der Waals surface area (Å²) >= 11 is 0. The predicted octanol–water partition coefficient (Wildman–Crippen LogP) is 1.51. The first kappa shape index (κ1) is 16.6. The van der Waals surface area contributed by atoms with Crippen LogP contribution in [0.4, 0.5) is 0 Å². The van der Waals surface area contributed by atoms with Crippen molar-refractivity contribution in [1.82, 2.24) is 5.32 Å². The van der Waals surface area contributed by atoms with Crippen molar-refractivity contribution in [3.8, 4) is 0 Å². The van der Waals surface area contributed by atoms with Gasteiger partial charge in [-0.1, -0.05) is 5.57 Å². The Kier molecular flexibility index (Phi) is 5.42. The molecule has 122 valence electrons. The summed E-state index contributed by atoms with van der Waals surface area (Å²) in [6.45, 7) is 1.83. The second-order valence-electron chi connectivity index (χ2n) is 5.06. The number of nitrogens with one attached hydrogen (secondary N) is 1. The van der Waals surface area contributed by atoms with Gasteiger partial charge < -0.3 is 15.2 Å². The first-order chi connectivity index (χ1) is 11.0. The SMILES string of the molecule is O=C(O)C=C1CCNCC1.O=C1OC([N+](=O)[O-])c2ccc1cc2. The fourth-order valence-corrected chi connectivity index (χ4v) is 2.25. The molecule has 0 aromatic heterocycles. The van der Waals surface area contributed by atoms with Crippen LogP contribution in [0.3, 0.4) is 0 Å². The standard InChI is InChI=1S/C8H5NO4.C7H11NO2/c10-8-6-3-1-5(2-4-6)7(13-8)9(11)12;9-7(10)5-6-1-3-8-4-2-6/h1-4,7H;5,8H,1-4H2,(H,9,10). The predicted molar refractivity (Wildman–Crippen MR) is 79.4 cm³/mol. The van der Waals surface area contributed by atoms with Crippen LogP contribution in [0.15, 0.2) is 35.9 Å².